The second kappa shape index (κ2) is 11.5. The number of hydrogen-bond donors (Lipinski definition) is 4. The number of rotatable bonds is 8. The van der Waals surface area contributed by atoms with Crippen molar-refractivity contribution < 1.29 is 14.3 Å². The molecule has 3 aromatic rings. The van der Waals surface area contributed by atoms with Crippen molar-refractivity contribution in [3.63, 3.8) is 0 Å². The molecule has 2 heterocycles. The fourth-order valence-corrected chi connectivity index (χ4v) is 3.78. The molecule has 1 amide bonds. The number of nitriles is 1. The van der Waals surface area contributed by atoms with E-state index in [1.165, 1.54) is 12.3 Å². The van der Waals surface area contributed by atoms with Gasteiger partial charge in [0.05, 0.1) is 43.0 Å². The van der Waals surface area contributed by atoms with E-state index in [-0.39, 0.29) is 23.0 Å². The normalized spacial score (nSPS) is 14.9. The predicted octanol–water partition coefficient (Wildman–Crippen LogP) is 4.28. The smallest absolute Gasteiger partial charge is 0.247 e. The summed E-state index contributed by atoms with van der Waals surface area (Å²) in [6.07, 6.45) is 2.36. The van der Waals surface area contributed by atoms with Gasteiger partial charge in [-0.05, 0) is 30.3 Å². The zero-order valence-corrected chi connectivity index (χ0v) is 20.2. The van der Waals surface area contributed by atoms with Crippen LogP contribution in [0.1, 0.15) is 17.2 Å². The molecule has 0 radical (unpaired) electrons. The minimum Gasteiger partial charge on any atom is -0.495 e. The Balaban J connectivity index is 1.68. The number of anilines is 5. The number of amides is 1. The highest BCUT2D eigenvalue weighted by molar-refractivity contribution is 6.32. The first-order valence-corrected chi connectivity index (χ1v) is 11.4. The number of morpholine rings is 1. The lowest BCUT2D eigenvalue weighted by Crippen LogP contribution is -2.33. The minimum atomic E-state index is -0.360. The molecule has 1 unspecified atom stereocenters. The molecule has 0 spiro atoms. The lowest BCUT2D eigenvalue weighted by molar-refractivity contribution is -0.111. The van der Waals surface area contributed by atoms with Crippen LogP contribution in [-0.2, 0) is 9.53 Å². The first kappa shape index (κ1) is 24.9. The van der Waals surface area contributed by atoms with E-state index in [0.717, 1.165) is 12.1 Å². The summed E-state index contributed by atoms with van der Waals surface area (Å²) < 4.78 is 11.5. The highest BCUT2D eigenvalue weighted by Gasteiger charge is 2.23. The van der Waals surface area contributed by atoms with E-state index in [2.05, 4.69) is 43.9 Å². The third kappa shape index (κ3) is 5.72. The van der Waals surface area contributed by atoms with Crippen molar-refractivity contribution in [2.24, 2.45) is 0 Å². The molecule has 1 aliphatic heterocycles. The van der Waals surface area contributed by atoms with Crippen LogP contribution in [-0.4, -0.2) is 42.7 Å². The number of hydrogen-bond acceptors (Lipinski definition) is 9. The molecular weight excluding hydrogens is 482 g/mol. The van der Waals surface area contributed by atoms with Crippen molar-refractivity contribution in [3.05, 3.63) is 71.4 Å². The molecule has 11 heteroatoms. The molecule has 4 rings (SSSR count). The number of halogens is 1. The van der Waals surface area contributed by atoms with Gasteiger partial charge in [-0.2, -0.15) is 10.2 Å². The second-order valence-corrected chi connectivity index (χ2v) is 8.10. The molecule has 1 atom stereocenters. The van der Waals surface area contributed by atoms with Gasteiger partial charge in [-0.15, -0.1) is 0 Å². The van der Waals surface area contributed by atoms with E-state index in [0.29, 0.717) is 47.3 Å². The standard InChI is InChI=1S/C25H24ClN7O3/c1-3-23(34)30-19-11-20(21(35-2)10-16(19)22-14-28-8-9-36-22)32-25-29-13-17(26)24(33-25)31-18-7-5-4-6-15(18)12-27/h3-7,10-11,13,22,28H,1,8-9,14H2,2H3,(H,30,34)(H2,29,31,32,33). The first-order chi connectivity index (χ1) is 17.5. The molecule has 0 aliphatic carbocycles. The number of benzene rings is 2. The summed E-state index contributed by atoms with van der Waals surface area (Å²) in [4.78, 5) is 20.9. The monoisotopic (exact) mass is 505 g/mol. The Labute approximate surface area is 213 Å². The Morgan fingerprint density at radius 3 is 2.86 bits per heavy atom. The van der Waals surface area contributed by atoms with E-state index in [4.69, 9.17) is 21.1 Å². The number of nitrogens with zero attached hydrogens (tertiary/aromatic N) is 3. The molecule has 2 aromatic carbocycles. The number of nitrogens with one attached hydrogen (secondary N) is 4. The van der Waals surface area contributed by atoms with Crippen LogP contribution in [0.15, 0.2) is 55.3 Å². The maximum Gasteiger partial charge on any atom is 0.247 e. The fraction of sp³-hybridized carbons (Fsp3) is 0.200. The third-order valence-corrected chi connectivity index (χ3v) is 5.66. The minimum absolute atomic E-state index is 0.221. The van der Waals surface area contributed by atoms with Crippen LogP contribution in [0.2, 0.25) is 5.02 Å². The number of aromatic nitrogens is 2. The van der Waals surface area contributed by atoms with Gasteiger partial charge in [0.25, 0.3) is 0 Å². The molecule has 1 aliphatic rings. The molecule has 4 N–H and O–H groups in total. The van der Waals surface area contributed by atoms with Gasteiger partial charge in [-0.25, -0.2) is 4.98 Å². The molecule has 1 aromatic heterocycles. The molecule has 36 heavy (non-hydrogen) atoms. The lowest BCUT2D eigenvalue weighted by Gasteiger charge is -2.27. The Morgan fingerprint density at radius 1 is 1.31 bits per heavy atom. The fourth-order valence-electron chi connectivity index (χ4n) is 3.64. The highest BCUT2D eigenvalue weighted by atomic mass is 35.5. The number of carbonyl (C=O) groups excluding carboxylic acids is 1. The van der Waals surface area contributed by atoms with Crippen LogP contribution < -0.4 is 26.0 Å². The molecular formula is C25H24ClN7O3. The van der Waals surface area contributed by atoms with Gasteiger partial charge < -0.3 is 30.7 Å². The van der Waals surface area contributed by atoms with Gasteiger partial charge >= 0.3 is 0 Å². The Kier molecular flexibility index (Phi) is 7.97. The number of methoxy groups -OCH3 is 1. The quantitative estimate of drug-likeness (QED) is 0.331. The predicted molar refractivity (Wildman–Crippen MR) is 138 cm³/mol. The summed E-state index contributed by atoms with van der Waals surface area (Å²) in [5, 5.41) is 22.0. The van der Waals surface area contributed by atoms with Gasteiger partial charge in [-0.1, -0.05) is 30.3 Å². The molecule has 0 bridgehead atoms. The summed E-state index contributed by atoms with van der Waals surface area (Å²) in [7, 11) is 1.54. The van der Waals surface area contributed by atoms with Crippen molar-refractivity contribution in [2.75, 3.05) is 42.8 Å². The molecule has 0 saturated carbocycles. The highest BCUT2D eigenvalue weighted by Crippen LogP contribution is 2.38. The maximum atomic E-state index is 12.1. The van der Waals surface area contributed by atoms with E-state index in [9.17, 15) is 10.1 Å². The van der Waals surface area contributed by atoms with E-state index < -0.39 is 0 Å². The van der Waals surface area contributed by atoms with Crippen LogP contribution in [0, 0.1) is 11.3 Å². The van der Waals surface area contributed by atoms with Crippen molar-refractivity contribution in [3.8, 4) is 11.8 Å². The van der Waals surface area contributed by atoms with Gasteiger partial charge in [-0.3, -0.25) is 4.79 Å². The molecule has 184 valence electrons. The summed E-state index contributed by atoms with van der Waals surface area (Å²) in [5.74, 6) is 0.675. The lowest BCUT2D eigenvalue weighted by atomic mass is 10.0. The average Bonchev–Trinajstić information content (AvgIpc) is 2.91. The van der Waals surface area contributed by atoms with E-state index >= 15 is 0 Å². The summed E-state index contributed by atoms with van der Waals surface area (Å²) in [5.41, 5.74) is 2.81. The van der Waals surface area contributed by atoms with Crippen molar-refractivity contribution in [1.82, 2.24) is 15.3 Å². The zero-order valence-electron chi connectivity index (χ0n) is 19.5. The SMILES string of the molecule is C=CC(=O)Nc1cc(Nc2ncc(Cl)c(Nc3ccccc3C#N)n2)c(OC)cc1C1CNCCO1. The third-order valence-electron chi connectivity index (χ3n) is 5.38. The van der Waals surface area contributed by atoms with Crippen molar-refractivity contribution in [2.45, 2.75) is 6.10 Å². The Bertz CT molecular complexity index is 1320. The summed E-state index contributed by atoms with van der Waals surface area (Å²) >= 11 is 6.31. The molecule has 10 nitrogen and oxygen atoms in total. The van der Waals surface area contributed by atoms with Crippen molar-refractivity contribution >= 4 is 46.3 Å². The zero-order chi connectivity index (χ0) is 25.5. The first-order valence-electron chi connectivity index (χ1n) is 11.1. The number of ether oxygens (including phenoxy) is 2. The van der Waals surface area contributed by atoms with Crippen LogP contribution >= 0.6 is 11.6 Å². The molecule has 1 fully saturated rings. The Morgan fingerprint density at radius 2 is 2.14 bits per heavy atom. The van der Waals surface area contributed by atoms with Gasteiger partial charge in [0, 0.05) is 24.3 Å². The number of para-hydroxylation sites is 1. The summed E-state index contributed by atoms with van der Waals surface area (Å²) in [6, 6.07) is 12.7. The van der Waals surface area contributed by atoms with Crippen molar-refractivity contribution in [1.29, 1.82) is 5.26 Å². The average molecular weight is 506 g/mol. The molecule has 1 saturated heterocycles. The van der Waals surface area contributed by atoms with Crippen LogP contribution in [0.3, 0.4) is 0 Å². The second-order valence-electron chi connectivity index (χ2n) is 7.69. The van der Waals surface area contributed by atoms with Gasteiger partial charge in [0.15, 0.2) is 5.82 Å². The van der Waals surface area contributed by atoms with Crippen LogP contribution in [0.25, 0.3) is 0 Å². The topological polar surface area (TPSA) is 133 Å². The Hall–Kier alpha value is -4.17. The van der Waals surface area contributed by atoms with Crippen LogP contribution in [0.4, 0.5) is 28.8 Å². The largest absolute Gasteiger partial charge is 0.495 e. The maximum absolute atomic E-state index is 12.1. The van der Waals surface area contributed by atoms with E-state index in [1.807, 2.05) is 0 Å². The van der Waals surface area contributed by atoms with Gasteiger partial charge in [0.2, 0.25) is 11.9 Å². The van der Waals surface area contributed by atoms with Crippen LogP contribution in [0.5, 0.6) is 5.75 Å². The number of carbonyl (C=O) groups is 1. The summed E-state index contributed by atoms with van der Waals surface area (Å²) in [6.45, 7) is 5.42. The van der Waals surface area contributed by atoms with Gasteiger partial charge in [0.1, 0.15) is 16.8 Å². The van der Waals surface area contributed by atoms with E-state index in [1.54, 1.807) is 43.5 Å².